The zero-order chi connectivity index (χ0) is 21.5. The molecule has 6 heteroatoms. The van der Waals surface area contributed by atoms with E-state index < -0.39 is 5.97 Å². The second-order valence-corrected chi connectivity index (χ2v) is 7.98. The number of rotatable bonds is 8. The fourth-order valence-corrected chi connectivity index (χ4v) is 4.23. The van der Waals surface area contributed by atoms with Crippen LogP contribution in [0.1, 0.15) is 55.2 Å². The van der Waals surface area contributed by atoms with Crippen LogP contribution in [0.15, 0.2) is 53.9 Å². The van der Waals surface area contributed by atoms with Crippen molar-refractivity contribution in [3.8, 4) is 5.75 Å². The summed E-state index contributed by atoms with van der Waals surface area (Å²) in [7, 11) is 0. The van der Waals surface area contributed by atoms with E-state index in [1.807, 2.05) is 30.5 Å². The molecule has 1 aromatic carbocycles. The Balaban J connectivity index is 1.43. The van der Waals surface area contributed by atoms with E-state index in [4.69, 9.17) is 14.7 Å². The highest BCUT2D eigenvalue weighted by Gasteiger charge is 2.17. The largest absolute Gasteiger partial charge is 0.482 e. The molecule has 0 bridgehead atoms. The lowest BCUT2D eigenvalue weighted by Gasteiger charge is -2.22. The van der Waals surface area contributed by atoms with Crippen LogP contribution >= 0.6 is 0 Å². The minimum Gasteiger partial charge on any atom is -0.482 e. The third-order valence-electron chi connectivity index (χ3n) is 5.77. The number of hydrogen-bond acceptors (Lipinski definition) is 5. The minimum atomic E-state index is -0.972. The van der Waals surface area contributed by atoms with Gasteiger partial charge in [0.05, 0.1) is 12.3 Å². The van der Waals surface area contributed by atoms with Crippen molar-refractivity contribution < 1.29 is 19.5 Å². The molecule has 0 unspecified atom stereocenters. The second-order valence-electron chi connectivity index (χ2n) is 7.98. The highest BCUT2D eigenvalue weighted by molar-refractivity contribution is 5.69. The van der Waals surface area contributed by atoms with Crippen LogP contribution in [-0.2, 0) is 16.1 Å². The zero-order valence-electron chi connectivity index (χ0n) is 17.6. The number of carbonyl (C=O) groups is 1. The van der Waals surface area contributed by atoms with Crippen molar-refractivity contribution in [2.45, 2.75) is 44.9 Å². The van der Waals surface area contributed by atoms with E-state index in [9.17, 15) is 4.79 Å². The summed E-state index contributed by atoms with van der Waals surface area (Å²) in [6.07, 6.45) is 13.3. The van der Waals surface area contributed by atoms with E-state index in [0.29, 0.717) is 12.4 Å². The molecular weight excluding hydrogens is 392 g/mol. The molecule has 6 nitrogen and oxygen atoms in total. The highest BCUT2D eigenvalue weighted by atomic mass is 16.6. The maximum absolute atomic E-state index is 10.8. The number of carboxylic acids is 1. The zero-order valence-corrected chi connectivity index (χ0v) is 17.6. The van der Waals surface area contributed by atoms with Gasteiger partial charge in [0.25, 0.3) is 0 Å². The van der Waals surface area contributed by atoms with Crippen molar-refractivity contribution in [3.63, 3.8) is 0 Å². The number of ether oxygens (including phenoxy) is 1. The number of aliphatic carboxylic acids is 1. The average molecular weight is 421 g/mol. The first-order valence-electron chi connectivity index (χ1n) is 10.9. The molecule has 0 amide bonds. The fourth-order valence-electron chi connectivity index (χ4n) is 4.23. The van der Waals surface area contributed by atoms with Gasteiger partial charge in [-0.25, -0.2) is 4.79 Å². The van der Waals surface area contributed by atoms with Crippen molar-refractivity contribution in [2.24, 2.45) is 0 Å². The Bertz CT molecular complexity index is 974. The summed E-state index contributed by atoms with van der Waals surface area (Å²) in [5.41, 5.74) is 10.0. The van der Waals surface area contributed by atoms with Gasteiger partial charge in [0, 0.05) is 23.5 Å². The molecule has 162 valence electrons. The number of benzene rings is 1. The van der Waals surface area contributed by atoms with Crippen molar-refractivity contribution in [2.75, 3.05) is 13.2 Å². The normalized spacial score (nSPS) is 15.6. The topological polar surface area (TPSA) is 80.7 Å². The van der Waals surface area contributed by atoms with Gasteiger partial charge in [-0.15, -0.1) is 0 Å². The van der Waals surface area contributed by atoms with Gasteiger partial charge in [-0.3, -0.25) is 15.3 Å². The molecule has 31 heavy (non-hydrogen) atoms. The van der Waals surface area contributed by atoms with Crippen LogP contribution in [0.4, 0.5) is 0 Å². The number of pyridine rings is 1. The summed E-state index contributed by atoms with van der Waals surface area (Å²) >= 11 is 0. The first kappa shape index (κ1) is 21.1. The maximum Gasteiger partial charge on any atom is 0.341 e. The van der Waals surface area contributed by atoms with Crippen LogP contribution in [0.25, 0.3) is 11.8 Å². The van der Waals surface area contributed by atoms with Gasteiger partial charge in [0.2, 0.25) is 0 Å². The molecule has 4 rings (SSSR count). The van der Waals surface area contributed by atoms with Crippen LogP contribution in [0.5, 0.6) is 5.75 Å². The Labute approximate surface area is 182 Å². The lowest BCUT2D eigenvalue weighted by Crippen LogP contribution is -2.19. The van der Waals surface area contributed by atoms with Crippen molar-refractivity contribution in [1.82, 2.24) is 10.5 Å². The molecule has 2 aliphatic rings. The minimum absolute atomic E-state index is 0.328. The SMILES string of the molecule is O=C(O)COc1cccc2c1CCC(CONC(=C1CCCCC1)c1cccnc1)=C2. The van der Waals surface area contributed by atoms with Gasteiger partial charge in [0.1, 0.15) is 5.75 Å². The van der Waals surface area contributed by atoms with Crippen LogP contribution in [0.3, 0.4) is 0 Å². The van der Waals surface area contributed by atoms with Crippen molar-refractivity contribution in [1.29, 1.82) is 0 Å². The van der Waals surface area contributed by atoms with Gasteiger partial charge in [-0.2, -0.15) is 0 Å². The number of allylic oxidation sites excluding steroid dienone is 1. The maximum atomic E-state index is 10.8. The Morgan fingerprint density at radius 2 is 1.94 bits per heavy atom. The van der Waals surface area contributed by atoms with Crippen LogP contribution in [0, 0.1) is 0 Å². The Morgan fingerprint density at radius 3 is 2.71 bits per heavy atom. The monoisotopic (exact) mass is 420 g/mol. The van der Waals surface area contributed by atoms with Gasteiger partial charge in [-0.1, -0.05) is 24.6 Å². The average Bonchev–Trinajstić information content (AvgIpc) is 2.81. The molecule has 1 aromatic heterocycles. The third-order valence-corrected chi connectivity index (χ3v) is 5.77. The van der Waals surface area contributed by atoms with Gasteiger partial charge in [0.15, 0.2) is 6.61 Å². The standard InChI is InChI=1S/C25H28N2O4/c28-24(29)17-30-23-10-4-8-20-14-18(11-12-22(20)23)16-31-27-25(19-6-2-1-3-7-19)21-9-5-13-26-15-21/h4-5,8-10,13-15,27H,1-3,6-7,11-12,16-17H2,(H,28,29). The number of fused-ring (bicyclic) bond motifs is 1. The molecular formula is C25H28N2O4. The number of carboxylic acid groups (broad SMARTS) is 1. The van der Waals surface area contributed by atoms with Crippen molar-refractivity contribution >= 4 is 17.7 Å². The lowest BCUT2D eigenvalue weighted by molar-refractivity contribution is -0.139. The van der Waals surface area contributed by atoms with Crippen LogP contribution in [0.2, 0.25) is 0 Å². The Kier molecular flexibility index (Phi) is 6.99. The molecule has 0 saturated heterocycles. The summed E-state index contributed by atoms with van der Waals surface area (Å²) in [5, 5.41) is 8.87. The summed E-state index contributed by atoms with van der Waals surface area (Å²) in [6, 6.07) is 9.76. The molecule has 1 saturated carbocycles. The number of nitrogens with one attached hydrogen (secondary N) is 1. The number of nitrogens with zero attached hydrogens (tertiary/aromatic N) is 1. The Morgan fingerprint density at radius 1 is 1.06 bits per heavy atom. The predicted octanol–water partition coefficient (Wildman–Crippen LogP) is 4.77. The number of hydroxylamine groups is 1. The Hall–Kier alpha value is -3.12. The summed E-state index contributed by atoms with van der Waals surface area (Å²) in [6.45, 7) is 0.155. The van der Waals surface area contributed by atoms with E-state index in [2.05, 4.69) is 22.6 Å². The molecule has 1 heterocycles. The van der Waals surface area contributed by atoms with E-state index in [0.717, 1.165) is 48.1 Å². The summed E-state index contributed by atoms with van der Waals surface area (Å²) in [5.74, 6) is -0.323. The molecule has 0 radical (unpaired) electrons. The van der Waals surface area contributed by atoms with Gasteiger partial charge < -0.3 is 9.84 Å². The van der Waals surface area contributed by atoms with Crippen LogP contribution < -0.4 is 10.2 Å². The summed E-state index contributed by atoms with van der Waals surface area (Å²) < 4.78 is 5.45. The first-order chi connectivity index (χ1) is 15.2. The number of hydrogen-bond donors (Lipinski definition) is 2. The molecule has 2 aliphatic carbocycles. The van der Waals surface area contributed by atoms with E-state index in [1.165, 1.54) is 30.4 Å². The van der Waals surface area contributed by atoms with Crippen molar-refractivity contribution in [3.05, 3.63) is 70.6 Å². The molecule has 0 spiro atoms. The van der Waals surface area contributed by atoms with E-state index in [-0.39, 0.29) is 6.61 Å². The van der Waals surface area contributed by atoms with E-state index >= 15 is 0 Å². The first-order valence-corrected chi connectivity index (χ1v) is 10.9. The van der Waals surface area contributed by atoms with Crippen LogP contribution in [-0.4, -0.2) is 29.3 Å². The quantitative estimate of drug-likeness (QED) is 0.599. The second kappa shape index (κ2) is 10.3. The van der Waals surface area contributed by atoms with Gasteiger partial charge in [-0.05, 0) is 73.4 Å². The smallest absolute Gasteiger partial charge is 0.341 e. The predicted molar refractivity (Wildman–Crippen MR) is 119 cm³/mol. The molecule has 0 atom stereocenters. The van der Waals surface area contributed by atoms with E-state index in [1.54, 1.807) is 6.20 Å². The number of aromatic nitrogens is 1. The lowest BCUT2D eigenvalue weighted by atomic mass is 9.91. The van der Waals surface area contributed by atoms with Gasteiger partial charge >= 0.3 is 5.97 Å². The fraction of sp³-hybridized carbons (Fsp3) is 0.360. The molecule has 2 aromatic rings. The third kappa shape index (κ3) is 5.52. The highest BCUT2D eigenvalue weighted by Crippen LogP contribution is 2.32. The molecule has 0 aliphatic heterocycles. The molecule has 2 N–H and O–H groups in total. The molecule has 1 fully saturated rings. The summed E-state index contributed by atoms with van der Waals surface area (Å²) in [4.78, 5) is 21.0.